The van der Waals surface area contributed by atoms with Crippen molar-refractivity contribution >= 4 is 45.8 Å². The molecule has 0 aliphatic carbocycles. The van der Waals surface area contributed by atoms with Gasteiger partial charge in [-0.3, -0.25) is 9.00 Å². The maximum Gasteiger partial charge on any atom is 0.227 e. The van der Waals surface area contributed by atoms with Crippen molar-refractivity contribution in [3.05, 3.63) is 35.0 Å². The first-order valence-electron chi connectivity index (χ1n) is 11.5. The molecule has 0 spiro atoms. The second-order valence-electron chi connectivity index (χ2n) is 9.43. The van der Waals surface area contributed by atoms with Gasteiger partial charge >= 0.3 is 0 Å². The fourth-order valence-corrected chi connectivity index (χ4v) is 7.03. The van der Waals surface area contributed by atoms with Crippen LogP contribution in [0.1, 0.15) is 25.0 Å². The number of piperazine rings is 1. The van der Waals surface area contributed by atoms with E-state index in [4.69, 9.17) is 21.6 Å². The van der Waals surface area contributed by atoms with E-state index in [0.29, 0.717) is 43.0 Å². The molecule has 10 heteroatoms. The zero-order valence-corrected chi connectivity index (χ0v) is 20.1. The van der Waals surface area contributed by atoms with E-state index in [0.717, 1.165) is 47.5 Å². The van der Waals surface area contributed by atoms with Gasteiger partial charge in [-0.05, 0) is 37.1 Å². The molecule has 0 radical (unpaired) electrons. The molecule has 4 aliphatic rings. The number of carbonyl (C=O) groups is 1. The van der Waals surface area contributed by atoms with E-state index in [1.165, 1.54) is 5.69 Å². The van der Waals surface area contributed by atoms with E-state index in [-0.39, 0.29) is 11.9 Å². The molecule has 1 aromatic heterocycles. The van der Waals surface area contributed by atoms with Gasteiger partial charge in [-0.2, -0.15) is 4.98 Å². The van der Waals surface area contributed by atoms with Crippen molar-refractivity contribution in [3.8, 4) is 0 Å². The number of rotatable bonds is 4. The van der Waals surface area contributed by atoms with E-state index in [9.17, 15) is 9.00 Å². The summed E-state index contributed by atoms with van der Waals surface area (Å²) in [7, 11) is 0.752. The Morgan fingerprint density at radius 1 is 1.06 bits per heavy atom. The molecule has 174 valence electrons. The molecular formula is C23H27ClN6O2S. The van der Waals surface area contributed by atoms with Gasteiger partial charge in [0.05, 0.1) is 22.5 Å². The Balaban J connectivity index is 1.25. The predicted molar refractivity (Wildman–Crippen MR) is 130 cm³/mol. The van der Waals surface area contributed by atoms with Gasteiger partial charge in [0, 0.05) is 68.1 Å². The third-order valence-corrected chi connectivity index (χ3v) is 9.01. The zero-order valence-electron chi connectivity index (χ0n) is 18.5. The van der Waals surface area contributed by atoms with Gasteiger partial charge in [0.1, 0.15) is 10.7 Å². The highest BCUT2D eigenvalue weighted by atomic mass is 35.5. The van der Waals surface area contributed by atoms with Crippen LogP contribution in [0.2, 0.25) is 5.02 Å². The Hall–Kier alpha value is -2.39. The Kier molecular flexibility index (Phi) is 5.21. The van der Waals surface area contributed by atoms with E-state index >= 15 is 0 Å². The molecule has 3 unspecified atom stereocenters. The molecule has 1 amide bonds. The maximum atomic E-state index is 12.7. The minimum atomic E-state index is -1.08. The highest BCUT2D eigenvalue weighted by Crippen LogP contribution is 2.38. The van der Waals surface area contributed by atoms with Crippen LogP contribution in [-0.4, -0.2) is 75.5 Å². The van der Waals surface area contributed by atoms with Gasteiger partial charge in [-0.25, -0.2) is 4.98 Å². The molecule has 5 heterocycles. The van der Waals surface area contributed by atoms with E-state index in [1.807, 2.05) is 19.2 Å². The van der Waals surface area contributed by atoms with Crippen LogP contribution in [0.15, 0.2) is 29.2 Å². The van der Waals surface area contributed by atoms with Gasteiger partial charge in [0.25, 0.3) is 0 Å². The number of nitrogens with one attached hydrogen (secondary N) is 1. The molecule has 0 saturated carbocycles. The fourth-order valence-electron chi connectivity index (χ4n) is 5.59. The molecular weight excluding hydrogens is 460 g/mol. The Morgan fingerprint density at radius 2 is 1.82 bits per heavy atom. The summed E-state index contributed by atoms with van der Waals surface area (Å²) in [5, 5.41) is 4.27. The summed E-state index contributed by atoms with van der Waals surface area (Å²) in [5.41, 5.74) is 2.11. The van der Waals surface area contributed by atoms with Crippen LogP contribution in [0.4, 0.5) is 17.5 Å². The van der Waals surface area contributed by atoms with E-state index in [2.05, 4.69) is 27.2 Å². The third kappa shape index (κ3) is 3.75. The molecule has 1 N–H and O–H groups in total. The van der Waals surface area contributed by atoms with Crippen molar-refractivity contribution in [3.63, 3.8) is 0 Å². The lowest BCUT2D eigenvalue weighted by Crippen LogP contribution is -2.47. The Morgan fingerprint density at radius 3 is 2.55 bits per heavy atom. The Bertz CT molecular complexity index is 1130. The van der Waals surface area contributed by atoms with E-state index in [1.54, 1.807) is 4.90 Å². The van der Waals surface area contributed by atoms with Crippen LogP contribution in [0, 0.1) is 0 Å². The van der Waals surface area contributed by atoms with Crippen LogP contribution in [0.3, 0.4) is 0 Å². The SMILES string of the molecule is CN1CC(Nc2nc(N3CC4CC3CN4c3ccc(Cl)cc3)nc3c2[S@@](=O)CC3)CCC1=O. The van der Waals surface area contributed by atoms with Gasteiger partial charge in [-0.1, -0.05) is 11.6 Å². The summed E-state index contributed by atoms with van der Waals surface area (Å²) in [6, 6.07) is 8.92. The molecule has 4 aliphatic heterocycles. The molecule has 33 heavy (non-hydrogen) atoms. The van der Waals surface area contributed by atoms with Crippen molar-refractivity contribution in [2.24, 2.45) is 0 Å². The lowest BCUT2D eigenvalue weighted by molar-refractivity contribution is -0.132. The van der Waals surface area contributed by atoms with Gasteiger partial charge in [-0.15, -0.1) is 0 Å². The average Bonchev–Trinajstić information content (AvgIpc) is 3.51. The van der Waals surface area contributed by atoms with Crippen LogP contribution in [-0.2, 0) is 22.0 Å². The topological polar surface area (TPSA) is 81.7 Å². The molecule has 2 aromatic rings. The standard InChI is InChI=1S/C23H27ClN6O2S/c1-28-11-15(4-7-20(28)31)25-22-21-19(8-9-33(21)32)26-23(27-22)30-13-17-10-18(30)12-29(17)16-5-2-14(24)3-6-16/h2-3,5-6,15,17-18H,4,7-13H2,1H3,(H,25,26,27)/t15?,17?,18?,33-/m0/s1. The molecule has 1 aromatic carbocycles. The minimum Gasteiger partial charge on any atom is -0.365 e. The molecule has 6 rings (SSSR count). The predicted octanol–water partition coefficient (Wildman–Crippen LogP) is 2.29. The number of amides is 1. The molecule has 3 fully saturated rings. The largest absolute Gasteiger partial charge is 0.365 e. The lowest BCUT2D eigenvalue weighted by atomic mass is 10.1. The number of anilines is 3. The molecule has 8 nitrogen and oxygen atoms in total. The summed E-state index contributed by atoms with van der Waals surface area (Å²) < 4.78 is 12.7. The van der Waals surface area contributed by atoms with Crippen molar-refractivity contribution in [2.45, 2.75) is 48.7 Å². The van der Waals surface area contributed by atoms with Gasteiger partial charge in [0.2, 0.25) is 11.9 Å². The number of hydrogen-bond acceptors (Lipinski definition) is 7. The highest BCUT2D eigenvalue weighted by Gasteiger charge is 2.45. The van der Waals surface area contributed by atoms with Crippen LogP contribution >= 0.6 is 11.6 Å². The first kappa shape index (κ1) is 21.2. The lowest BCUT2D eigenvalue weighted by Gasteiger charge is -2.36. The number of likely N-dealkylation sites (tertiary alicyclic amines) is 1. The average molecular weight is 487 g/mol. The number of hydrogen-bond donors (Lipinski definition) is 1. The summed E-state index contributed by atoms with van der Waals surface area (Å²) >= 11 is 6.07. The molecule has 3 saturated heterocycles. The number of carbonyl (C=O) groups excluding carboxylic acids is 1. The number of benzene rings is 1. The normalized spacial score (nSPS) is 28.5. The number of likely N-dealkylation sites (N-methyl/N-ethyl adjacent to an activating group) is 1. The van der Waals surface area contributed by atoms with Crippen LogP contribution in [0.25, 0.3) is 0 Å². The summed E-state index contributed by atoms with van der Waals surface area (Å²) in [6.45, 7) is 2.43. The third-order valence-electron chi connectivity index (χ3n) is 7.30. The van der Waals surface area contributed by atoms with Crippen molar-refractivity contribution in [1.82, 2.24) is 14.9 Å². The fraction of sp³-hybridized carbons (Fsp3) is 0.522. The molecule has 4 atom stereocenters. The number of fused-ring (bicyclic) bond motifs is 3. The molecule has 2 bridgehead atoms. The maximum absolute atomic E-state index is 12.7. The van der Waals surface area contributed by atoms with E-state index < -0.39 is 10.8 Å². The number of aryl methyl sites for hydroxylation is 1. The van der Waals surface area contributed by atoms with Crippen LogP contribution in [0.5, 0.6) is 0 Å². The zero-order chi connectivity index (χ0) is 22.7. The van der Waals surface area contributed by atoms with Crippen molar-refractivity contribution in [2.75, 3.05) is 47.6 Å². The monoisotopic (exact) mass is 486 g/mol. The number of nitrogens with zero attached hydrogens (tertiary/aromatic N) is 5. The number of aromatic nitrogens is 2. The number of piperidine rings is 1. The summed E-state index contributed by atoms with van der Waals surface area (Å²) in [6.07, 6.45) is 3.07. The minimum absolute atomic E-state index is 0.104. The quantitative estimate of drug-likeness (QED) is 0.710. The first-order chi connectivity index (χ1) is 16.0. The summed E-state index contributed by atoms with van der Waals surface area (Å²) in [4.78, 5) is 29.0. The summed E-state index contributed by atoms with van der Waals surface area (Å²) in [5.74, 6) is 2.19. The Labute approximate surface area is 200 Å². The second kappa shape index (κ2) is 8.13. The first-order valence-corrected chi connectivity index (χ1v) is 13.2. The highest BCUT2D eigenvalue weighted by molar-refractivity contribution is 7.85. The number of halogens is 1. The van der Waals surface area contributed by atoms with Crippen LogP contribution < -0.4 is 15.1 Å². The van der Waals surface area contributed by atoms with Crippen molar-refractivity contribution < 1.29 is 9.00 Å². The second-order valence-corrected chi connectivity index (χ2v) is 11.4. The van der Waals surface area contributed by atoms with Crippen molar-refractivity contribution in [1.29, 1.82) is 0 Å². The van der Waals surface area contributed by atoms with Gasteiger partial charge < -0.3 is 20.0 Å². The smallest absolute Gasteiger partial charge is 0.227 e. The van der Waals surface area contributed by atoms with Gasteiger partial charge in [0.15, 0.2) is 0 Å².